The number of rotatable bonds is 3. The lowest BCUT2D eigenvalue weighted by Gasteiger charge is -2.16. The lowest BCUT2D eigenvalue weighted by molar-refractivity contribution is -0.817. The molecule has 0 unspecified atom stereocenters. The number of carbonyl (C=O) groups excluding carboxylic acids is 1. The van der Waals surface area contributed by atoms with Gasteiger partial charge in [0.05, 0.1) is 27.3 Å². The summed E-state index contributed by atoms with van der Waals surface area (Å²) in [7, 11) is 6.03. The molecule has 2 nitrogen and oxygen atoms in total. The minimum absolute atomic E-state index is 0.0543. The molecule has 0 saturated heterocycles. The molecular weight excluding hydrogens is 174 g/mol. The monoisotopic (exact) mass is 190 g/mol. The Kier molecular flexibility index (Phi) is 3.20. The second kappa shape index (κ2) is 4.20. The van der Waals surface area contributed by atoms with Crippen LogP contribution in [-0.4, -0.2) is 31.4 Å². The van der Waals surface area contributed by atoms with Crippen LogP contribution in [0.3, 0.4) is 0 Å². The molecule has 0 amide bonds. The van der Waals surface area contributed by atoms with Gasteiger partial charge in [0.1, 0.15) is 0 Å². The molecule has 0 aliphatic carbocycles. The molecule has 0 saturated carbocycles. The SMILES string of the molecule is C[N+](C)(C)/C=C\C(=O)c1ccccc1. The summed E-state index contributed by atoms with van der Waals surface area (Å²) in [5.74, 6) is 0.0543. The fourth-order valence-electron chi connectivity index (χ4n) is 0.990. The van der Waals surface area contributed by atoms with Gasteiger partial charge in [-0.15, -0.1) is 0 Å². The van der Waals surface area contributed by atoms with E-state index in [-0.39, 0.29) is 5.78 Å². The highest BCUT2D eigenvalue weighted by atomic mass is 16.1. The van der Waals surface area contributed by atoms with Gasteiger partial charge in [0, 0.05) is 11.6 Å². The average molecular weight is 190 g/mol. The van der Waals surface area contributed by atoms with Crippen LogP contribution in [0.15, 0.2) is 42.6 Å². The van der Waals surface area contributed by atoms with Gasteiger partial charge in [0.15, 0.2) is 5.78 Å². The highest BCUT2D eigenvalue weighted by Crippen LogP contribution is 2.02. The first-order valence-corrected chi connectivity index (χ1v) is 4.59. The molecule has 0 aliphatic rings. The van der Waals surface area contributed by atoms with Gasteiger partial charge in [0.2, 0.25) is 0 Å². The summed E-state index contributed by atoms with van der Waals surface area (Å²) in [5.41, 5.74) is 0.734. The van der Waals surface area contributed by atoms with E-state index in [1.54, 1.807) is 6.08 Å². The van der Waals surface area contributed by atoms with Crippen molar-refractivity contribution < 1.29 is 9.28 Å². The lowest BCUT2D eigenvalue weighted by Crippen LogP contribution is -2.27. The van der Waals surface area contributed by atoms with E-state index in [0.717, 1.165) is 5.56 Å². The third-order valence-corrected chi connectivity index (χ3v) is 1.73. The summed E-state index contributed by atoms with van der Waals surface area (Å²) in [6, 6.07) is 9.28. The second-order valence-corrected chi connectivity index (χ2v) is 4.16. The quantitative estimate of drug-likeness (QED) is 0.405. The van der Waals surface area contributed by atoms with E-state index in [1.165, 1.54) is 0 Å². The maximum absolute atomic E-state index is 11.6. The Balaban J connectivity index is 2.74. The van der Waals surface area contributed by atoms with Gasteiger partial charge in [-0.1, -0.05) is 30.3 Å². The van der Waals surface area contributed by atoms with E-state index in [4.69, 9.17) is 0 Å². The van der Waals surface area contributed by atoms with Gasteiger partial charge in [-0.3, -0.25) is 4.79 Å². The van der Waals surface area contributed by atoms with Crippen LogP contribution in [0.5, 0.6) is 0 Å². The lowest BCUT2D eigenvalue weighted by atomic mass is 10.1. The van der Waals surface area contributed by atoms with Crippen LogP contribution in [0.4, 0.5) is 0 Å². The van der Waals surface area contributed by atoms with Crippen molar-refractivity contribution in [1.29, 1.82) is 0 Å². The van der Waals surface area contributed by atoms with E-state index in [9.17, 15) is 4.79 Å². The van der Waals surface area contributed by atoms with Crippen molar-refractivity contribution in [2.75, 3.05) is 21.1 Å². The first kappa shape index (κ1) is 10.7. The zero-order valence-corrected chi connectivity index (χ0v) is 8.90. The molecule has 1 aromatic rings. The minimum atomic E-state index is 0.0543. The van der Waals surface area contributed by atoms with E-state index in [2.05, 4.69) is 0 Å². The van der Waals surface area contributed by atoms with Crippen molar-refractivity contribution in [2.45, 2.75) is 0 Å². The third kappa shape index (κ3) is 3.54. The van der Waals surface area contributed by atoms with Gasteiger partial charge < -0.3 is 4.48 Å². The molecule has 0 spiro atoms. The number of nitrogens with zero attached hydrogens (tertiary/aromatic N) is 1. The maximum Gasteiger partial charge on any atom is 0.191 e. The van der Waals surface area contributed by atoms with Crippen LogP contribution in [0.2, 0.25) is 0 Å². The Bertz CT molecular complexity index is 333. The Labute approximate surface area is 85.1 Å². The normalized spacial score (nSPS) is 11.9. The first-order chi connectivity index (χ1) is 6.49. The first-order valence-electron chi connectivity index (χ1n) is 4.59. The number of ketones is 1. The van der Waals surface area contributed by atoms with Crippen molar-refractivity contribution in [3.8, 4) is 0 Å². The second-order valence-electron chi connectivity index (χ2n) is 4.16. The number of quaternary nitrogens is 1. The molecule has 0 atom stereocenters. The molecule has 0 radical (unpaired) electrons. The molecule has 0 heterocycles. The topological polar surface area (TPSA) is 17.1 Å². The Morgan fingerprint density at radius 3 is 2.21 bits per heavy atom. The molecule has 74 valence electrons. The number of carbonyl (C=O) groups is 1. The smallest absolute Gasteiger partial charge is 0.191 e. The van der Waals surface area contributed by atoms with E-state index in [0.29, 0.717) is 4.48 Å². The molecule has 2 heteroatoms. The van der Waals surface area contributed by atoms with Crippen LogP contribution in [-0.2, 0) is 0 Å². The number of allylic oxidation sites excluding steroid dienone is 1. The van der Waals surface area contributed by atoms with E-state index in [1.807, 2.05) is 57.7 Å². The Hall–Kier alpha value is -1.41. The van der Waals surface area contributed by atoms with Gasteiger partial charge in [-0.25, -0.2) is 0 Å². The standard InChI is InChI=1S/C12H16NO/c1-13(2,3)10-9-12(14)11-7-5-4-6-8-11/h4-10H,1-3H3/q+1/b10-9-. The summed E-state index contributed by atoms with van der Waals surface area (Å²) in [4.78, 5) is 11.6. The predicted octanol–water partition coefficient (Wildman–Crippen LogP) is 2.09. The van der Waals surface area contributed by atoms with E-state index < -0.39 is 0 Å². The zero-order valence-electron chi connectivity index (χ0n) is 8.90. The maximum atomic E-state index is 11.6. The third-order valence-electron chi connectivity index (χ3n) is 1.73. The number of hydrogen-bond acceptors (Lipinski definition) is 1. The van der Waals surface area contributed by atoms with Crippen molar-refractivity contribution in [3.63, 3.8) is 0 Å². The average Bonchev–Trinajstić information content (AvgIpc) is 2.14. The van der Waals surface area contributed by atoms with Gasteiger partial charge >= 0.3 is 0 Å². The van der Waals surface area contributed by atoms with Crippen molar-refractivity contribution in [3.05, 3.63) is 48.2 Å². The summed E-state index contributed by atoms with van der Waals surface area (Å²) in [6.45, 7) is 0. The molecule has 14 heavy (non-hydrogen) atoms. The number of benzene rings is 1. The Morgan fingerprint density at radius 1 is 1.14 bits per heavy atom. The van der Waals surface area contributed by atoms with Crippen LogP contribution in [0.1, 0.15) is 10.4 Å². The number of hydrogen-bond donors (Lipinski definition) is 0. The van der Waals surface area contributed by atoms with Crippen LogP contribution >= 0.6 is 0 Å². The van der Waals surface area contributed by atoms with Crippen molar-refractivity contribution in [2.24, 2.45) is 0 Å². The van der Waals surface area contributed by atoms with Gasteiger partial charge in [-0.2, -0.15) is 0 Å². The zero-order chi connectivity index (χ0) is 10.6. The van der Waals surface area contributed by atoms with Gasteiger partial charge in [0.25, 0.3) is 0 Å². The molecule has 0 aliphatic heterocycles. The Morgan fingerprint density at radius 2 is 1.71 bits per heavy atom. The molecule has 1 aromatic carbocycles. The van der Waals surface area contributed by atoms with Crippen LogP contribution in [0.25, 0.3) is 0 Å². The van der Waals surface area contributed by atoms with Crippen LogP contribution in [0, 0.1) is 0 Å². The highest BCUT2D eigenvalue weighted by molar-refractivity contribution is 6.04. The minimum Gasteiger partial charge on any atom is -0.304 e. The summed E-state index contributed by atoms with van der Waals surface area (Å²) in [6.07, 6.45) is 3.49. The molecule has 0 N–H and O–H groups in total. The fraction of sp³-hybridized carbons (Fsp3) is 0.250. The summed E-state index contributed by atoms with van der Waals surface area (Å²) < 4.78 is 0.651. The fourth-order valence-corrected chi connectivity index (χ4v) is 0.990. The molecule has 0 aromatic heterocycles. The highest BCUT2D eigenvalue weighted by Gasteiger charge is 2.04. The predicted molar refractivity (Wildman–Crippen MR) is 57.9 cm³/mol. The molecule has 0 fully saturated rings. The van der Waals surface area contributed by atoms with Crippen LogP contribution < -0.4 is 0 Å². The molecule has 1 rings (SSSR count). The molecular formula is C12H16NO+. The summed E-state index contributed by atoms with van der Waals surface area (Å²) in [5, 5.41) is 0. The van der Waals surface area contributed by atoms with Crippen molar-refractivity contribution >= 4 is 5.78 Å². The largest absolute Gasteiger partial charge is 0.304 e. The van der Waals surface area contributed by atoms with Gasteiger partial charge in [-0.05, 0) is 0 Å². The molecule has 0 bridgehead atoms. The summed E-state index contributed by atoms with van der Waals surface area (Å²) >= 11 is 0. The van der Waals surface area contributed by atoms with Crippen molar-refractivity contribution in [1.82, 2.24) is 0 Å². The van der Waals surface area contributed by atoms with E-state index >= 15 is 0 Å².